The number of nitrogens with one attached hydrogen (secondary N) is 3. The average Bonchev–Trinajstić information content (AvgIpc) is 3.32. The van der Waals surface area contributed by atoms with Crippen molar-refractivity contribution >= 4 is 17.6 Å². The lowest BCUT2D eigenvalue weighted by Crippen LogP contribution is -2.28. The highest BCUT2D eigenvalue weighted by Crippen LogP contribution is 2.26. The number of urea groups is 1. The molecule has 0 radical (unpaired) electrons. The van der Waals surface area contributed by atoms with E-state index in [0.717, 1.165) is 12.8 Å². The number of carbonyl (C=O) groups is 2. The minimum absolute atomic E-state index is 0.138. The third kappa shape index (κ3) is 4.57. The second kappa shape index (κ2) is 8.43. The summed E-state index contributed by atoms with van der Waals surface area (Å²) in [5, 5.41) is 11.9. The molecule has 2 heterocycles. The maximum atomic E-state index is 12.0. The van der Waals surface area contributed by atoms with E-state index in [2.05, 4.69) is 26.1 Å². The lowest BCUT2D eigenvalue weighted by atomic mass is 10.2. The highest BCUT2D eigenvalue weighted by Gasteiger charge is 2.23. The molecule has 0 spiro atoms. The Morgan fingerprint density at radius 1 is 1.23 bits per heavy atom. The molecule has 1 aromatic carbocycles. The van der Waals surface area contributed by atoms with E-state index in [1.807, 2.05) is 6.92 Å². The lowest BCUT2D eigenvalue weighted by Gasteiger charge is -2.07. The van der Waals surface area contributed by atoms with E-state index < -0.39 is 6.03 Å². The van der Waals surface area contributed by atoms with Gasteiger partial charge in [0.15, 0.2) is 5.82 Å². The number of anilines is 1. The topological polar surface area (TPSA) is 118 Å². The van der Waals surface area contributed by atoms with Crippen LogP contribution in [0.2, 0.25) is 0 Å². The van der Waals surface area contributed by atoms with E-state index >= 15 is 0 Å². The molecule has 3 rings (SSSR count). The first-order chi connectivity index (χ1) is 12.7. The van der Waals surface area contributed by atoms with Gasteiger partial charge in [-0.15, -0.1) is 0 Å². The molecule has 1 aliphatic rings. The van der Waals surface area contributed by atoms with Crippen LogP contribution in [0.25, 0.3) is 0 Å². The van der Waals surface area contributed by atoms with Crippen molar-refractivity contribution in [3.8, 4) is 0 Å². The first-order valence-corrected chi connectivity index (χ1v) is 8.53. The molecule has 26 heavy (non-hydrogen) atoms. The van der Waals surface area contributed by atoms with Crippen molar-refractivity contribution in [1.29, 1.82) is 0 Å². The molecule has 0 unspecified atom stereocenters. The van der Waals surface area contributed by atoms with E-state index in [1.165, 1.54) is 0 Å². The Bertz CT molecular complexity index is 753. The third-order valence-electron chi connectivity index (χ3n) is 3.84. The van der Waals surface area contributed by atoms with Crippen molar-refractivity contribution in [2.24, 2.45) is 0 Å². The van der Waals surface area contributed by atoms with Crippen molar-refractivity contribution < 1.29 is 18.8 Å². The van der Waals surface area contributed by atoms with Crippen LogP contribution < -0.4 is 16.0 Å². The number of hydrogen-bond donors (Lipinski definition) is 3. The summed E-state index contributed by atoms with van der Waals surface area (Å²) in [6.07, 6.45) is 1.69. The van der Waals surface area contributed by atoms with Crippen molar-refractivity contribution in [3.63, 3.8) is 0 Å². The van der Waals surface area contributed by atoms with Crippen LogP contribution in [0.3, 0.4) is 0 Å². The Hall–Kier alpha value is -2.94. The van der Waals surface area contributed by atoms with Gasteiger partial charge in [-0.05, 0) is 44.0 Å². The number of benzene rings is 1. The molecule has 0 bridgehead atoms. The van der Waals surface area contributed by atoms with Crippen molar-refractivity contribution in [2.45, 2.75) is 32.4 Å². The van der Waals surface area contributed by atoms with Gasteiger partial charge in [-0.25, -0.2) is 4.79 Å². The van der Waals surface area contributed by atoms with E-state index in [4.69, 9.17) is 9.26 Å². The predicted molar refractivity (Wildman–Crippen MR) is 92.5 cm³/mol. The monoisotopic (exact) mass is 359 g/mol. The zero-order valence-corrected chi connectivity index (χ0v) is 14.4. The highest BCUT2D eigenvalue weighted by molar-refractivity contribution is 5.95. The van der Waals surface area contributed by atoms with Crippen LogP contribution in [0.4, 0.5) is 10.5 Å². The second-order valence-electron chi connectivity index (χ2n) is 5.79. The van der Waals surface area contributed by atoms with Crippen molar-refractivity contribution in [3.05, 3.63) is 41.5 Å². The van der Waals surface area contributed by atoms with Gasteiger partial charge in [0.2, 0.25) is 0 Å². The Morgan fingerprint density at radius 3 is 2.73 bits per heavy atom. The van der Waals surface area contributed by atoms with E-state index in [9.17, 15) is 9.59 Å². The highest BCUT2D eigenvalue weighted by atomic mass is 16.5. The largest absolute Gasteiger partial charge is 0.368 e. The summed E-state index contributed by atoms with van der Waals surface area (Å²) in [7, 11) is 0. The van der Waals surface area contributed by atoms with Crippen LogP contribution >= 0.6 is 0 Å². The van der Waals surface area contributed by atoms with Crippen LogP contribution in [0, 0.1) is 0 Å². The summed E-state index contributed by atoms with van der Waals surface area (Å²) < 4.78 is 10.6. The number of nitrogens with zero attached hydrogens (tertiary/aromatic N) is 2. The summed E-state index contributed by atoms with van der Waals surface area (Å²) in [6.45, 7) is 3.25. The molecule has 0 saturated carbocycles. The second-order valence-corrected chi connectivity index (χ2v) is 5.79. The molecule has 3 amide bonds. The third-order valence-corrected chi connectivity index (χ3v) is 3.84. The first kappa shape index (κ1) is 17.9. The average molecular weight is 359 g/mol. The van der Waals surface area contributed by atoms with Gasteiger partial charge in [0.25, 0.3) is 11.8 Å². The zero-order valence-electron chi connectivity index (χ0n) is 14.4. The Kier molecular flexibility index (Phi) is 5.80. The predicted octanol–water partition coefficient (Wildman–Crippen LogP) is 1.99. The van der Waals surface area contributed by atoms with Gasteiger partial charge >= 0.3 is 6.03 Å². The standard InChI is InChI=1S/C17H21N5O4/c1-2-18-15(23)11-5-7-12(8-6-11)20-17(24)19-10-14-21-16(26-22-14)13-4-3-9-25-13/h5-8,13H,2-4,9-10H2,1H3,(H,18,23)(H2,19,20,24)/t13-/m0/s1. The van der Waals surface area contributed by atoms with Crippen LogP contribution in [0.15, 0.2) is 28.8 Å². The van der Waals surface area contributed by atoms with Crippen LogP contribution in [0.1, 0.15) is 47.9 Å². The summed E-state index contributed by atoms with van der Waals surface area (Å²) in [4.78, 5) is 27.9. The Morgan fingerprint density at radius 2 is 2.04 bits per heavy atom. The van der Waals surface area contributed by atoms with Gasteiger partial charge in [-0.3, -0.25) is 4.79 Å². The van der Waals surface area contributed by atoms with E-state index in [1.54, 1.807) is 24.3 Å². The molecule has 9 nitrogen and oxygen atoms in total. The SMILES string of the molecule is CCNC(=O)c1ccc(NC(=O)NCc2noc([C@@H]3CCCO3)n2)cc1. The fourth-order valence-electron chi connectivity index (χ4n) is 2.54. The molecular weight excluding hydrogens is 338 g/mol. The normalized spacial score (nSPS) is 16.3. The maximum Gasteiger partial charge on any atom is 0.319 e. The molecule has 1 aliphatic heterocycles. The molecule has 0 aliphatic carbocycles. The van der Waals surface area contributed by atoms with Crippen molar-refractivity contribution in [1.82, 2.24) is 20.8 Å². The van der Waals surface area contributed by atoms with Gasteiger partial charge in [0, 0.05) is 24.4 Å². The molecule has 138 valence electrons. The van der Waals surface area contributed by atoms with Crippen LogP contribution in [-0.2, 0) is 11.3 Å². The number of rotatable bonds is 6. The summed E-state index contributed by atoms with van der Waals surface area (Å²) in [5.74, 6) is 0.681. The number of hydrogen-bond acceptors (Lipinski definition) is 6. The van der Waals surface area contributed by atoms with Crippen molar-refractivity contribution in [2.75, 3.05) is 18.5 Å². The van der Waals surface area contributed by atoms with Gasteiger partial charge in [0.05, 0.1) is 6.54 Å². The number of carbonyl (C=O) groups excluding carboxylic acids is 2. The fraction of sp³-hybridized carbons (Fsp3) is 0.412. The molecule has 1 atom stereocenters. The van der Waals surface area contributed by atoms with Crippen LogP contribution in [-0.4, -0.2) is 35.2 Å². The lowest BCUT2D eigenvalue weighted by molar-refractivity contribution is 0.0835. The number of aromatic nitrogens is 2. The van der Waals surface area contributed by atoms with E-state index in [0.29, 0.717) is 36.1 Å². The minimum atomic E-state index is -0.403. The maximum absolute atomic E-state index is 12.0. The first-order valence-electron chi connectivity index (χ1n) is 8.53. The quantitative estimate of drug-likeness (QED) is 0.726. The van der Waals surface area contributed by atoms with Gasteiger partial charge in [0.1, 0.15) is 6.10 Å². The van der Waals surface area contributed by atoms with Gasteiger partial charge in [-0.2, -0.15) is 4.98 Å². The molecule has 3 N–H and O–H groups in total. The summed E-state index contributed by atoms with van der Waals surface area (Å²) >= 11 is 0. The van der Waals surface area contributed by atoms with E-state index in [-0.39, 0.29) is 18.6 Å². The molecule has 2 aromatic rings. The molecule has 1 fully saturated rings. The number of amides is 3. The fourth-order valence-corrected chi connectivity index (χ4v) is 2.54. The zero-order chi connectivity index (χ0) is 18.4. The van der Waals surface area contributed by atoms with Gasteiger partial charge < -0.3 is 25.2 Å². The Balaban J connectivity index is 1.47. The summed E-state index contributed by atoms with van der Waals surface area (Å²) in [5.41, 5.74) is 1.11. The molecule has 1 saturated heterocycles. The van der Waals surface area contributed by atoms with Gasteiger partial charge in [-0.1, -0.05) is 5.16 Å². The Labute approximate surface area is 150 Å². The smallest absolute Gasteiger partial charge is 0.319 e. The molecule has 1 aromatic heterocycles. The molecule has 9 heteroatoms. The van der Waals surface area contributed by atoms with Crippen LogP contribution in [0.5, 0.6) is 0 Å². The number of ether oxygens (including phenoxy) is 1. The summed E-state index contributed by atoms with van der Waals surface area (Å²) in [6, 6.07) is 6.21. The molecular formula is C17H21N5O4. The minimum Gasteiger partial charge on any atom is -0.368 e.